The van der Waals surface area contributed by atoms with Crippen molar-refractivity contribution >= 4 is 46.0 Å². The molecule has 0 saturated carbocycles. The smallest absolute Gasteiger partial charge is 0.270 e. The summed E-state index contributed by atoms with van der Waals surface area (Å²) in [6.45, 7) is 0.179. The predicted molar refractivity (Wildman–Crippen MR) is 101 cm³/mol. The van der Waals surface area contributed by atoms with Crippen LogP contribution in [0.25, 0.3) is 6.08 Å². The lowest BCUT2D eigenvalue weighted by Crippen LogP contribution is -2.27. The number of hydrogen-bond donors (Lipinski definition) is 0. The molecule has 1 saturated heterocycles. The van der Waals surface area contributed by atoms with Crippen LogP contribution in [0, 0.1) is 0 Å². The number of anilines is 1. The Labute approximate surface area is 154 Å². The molecule has 2 aliphatic rings. The van der Waals surface area contributed by atoms with Crippen LogP contribution in [0.3, 0.4) is 0 Å². The summed E-state index contributed by atoms with van der Waals surface area (Å²) in [5, 5.41) is 0. The zero-order valence-electron chi connectivity index (χ0n) is 13.2. The highest BCUT2D eigenvalue weighted by atomic mass is 32.2. The van der Waals surface area contributed by atoms with Gasteiger partial charge in [-0.3, -0.25) is 9.69 Å². The third-order valence-corrected chi connectivity index (χ3v) is 5.12. The molecule has 0 radical (unpaired) electrons. The number of fused-ring (bicyclic) bond motifs is 1. The largest absolute Gasteiger partial charge is 0.496 e. The van der Waals surface area contributed by atoms with Crippen LogP contribution in [0.4, 0.5) is 5.69 Å². The molecule has 2 heterocycles. The van der Waals surface area contributed by atoms with Crippen LogP contribution in [-0.4, -0.2) is 24.1 Å². The highest BCUT2D eigenvalue weighted by Crippen LogP contribution is 2.41. The second kappa shape index (κ2) is 6.42. The van der Waals surface area contributed by atoms with Gasteiger partial charge in [0.25, 0.3) is 5.91 Å². The van der Waals surface area contributed by atoms with Gasteiger partial charge < -0.3 is 14.2 Å². The number of nitrogens with zero attached hydrogens (tertiary/aromatic N) is 1. The molecule has 1 fully saturated rings. The number of thiocarbonyl (C=S) groups is 1. The lowest BCUT2D eigenvalue weighted by atomic mass is 10.1. The summed E-state index contributed by atoms with van der Waals surface area (Å²) in [7, 11) is 1.57. The van der Waals surface area contributed by atoms with Crippen LogP contribution in [0.2, 0.25) is 0 Å². The summed E-state index contributed by atoms with van der Waals surface area (Å²) in [4.78, 5) is 14.9. The van der Waals surface area contributed by atoms with E-state index in [0.717, 1.165) is 11.3 Å². The highest BCUT2D eigenvalue weighted by molar-refractivity contribution is 8.27. The van der Waals surface area contributed by atoms with Crippen LogP contribution < -0.4 is 19.1 Å². The quantitative estimate of drug-likeness (QED) is 0.604. The van der Waals surface area contributed by atoms with Crippen molar-refractivity contribution in [2.24, 2.45) is 0 Å². The van der Waals surface area contributed by atoms with Gasteiger partial charge in [0.2, 0.25) is 6.79 Å². The molecule has 2 aromatic rings. The number of hydrogen-bond acceptors (Lipinski definition) is 6. The number of thioether (sulfide) groups is 1. The second-order valence-electron chi connectivity index (χ2n) is 5.30. The lowest BCUT2D eigenvalue weighted by molar-refractivity contribution is -0.113. The van der Waals surface area contributed by atoms with Gasteiger partial charge in [-0.25, -0.2) is 0 Å². The molecule has 2 aliphatic heterocycles. The van der Waals surface area contributed by atoms with Crippen molar-refractivity contribution in [3.8, 4) is 17.2 Å². The number of benzene rings is 2. The Morgan fingerprint density at radius 2 is 1.92 bits per heavy atom. The maximum absolute atomic E-state index is 12.8. The van der Waals surface area contributed by atoms with Crippen molar-refractivity contribution in [1.29, 1.82) is 0 Å². The van der Waals surface area contributed by atoms with Gasteiger partial charge in [0, 0.05) is 11.6 Å². The van der Waals surface area contributed by atoms with Gasteiger partial charge in [-0.1, -0.05) is 42.2 Å². The number of methoxy groups -OCH3 is 1. The maximum atomic E-state index is 12.8. The summed E-state index contributed by atoms with van der Waals surface area (Å²) in [6, 6.07) is 12.9. The van der Waals surface area contributed by atoms with E-state index in [4.69, 9.17) is 26.4 Å². The van der Waals surface area contributed by atoms with Crippen molar-refractivity contribution in [2.75, 3.05) is 18.8 Å². The van der Waals surface area contributed by atoms with Gasteiger partial charge in [0.15, 0.2) is 15.8 Å². The SMILES string of the molecule is COc1cc2c(cc1/C=C1/SC(=S)N(c3ccccc3)C1=O)OCO2. The third kappa shape index (κ3) is 2.85. The first-order chi connectivity index (χ1) is 12.2. The minimum atomic E-state index is -0.152. The van der Waals surface area contributed by atoms with E-state index < -0.39 is 0 Å². The van der Waals surface area contributed by atoms with Crippen molar-refractivity contribution in [3.63, 3.8) is 0 Å². The normalized spacial score (nSPS) is 17.5. The van der Waals surface area contributed by atoms with Crippen LogP contribution in [0.15, 0.2) is 47.4 Å². The number of carbonyl (C=O) groups excluding carboxylic acids is 1. The average Bonchev–Trinajstić information content (AvgIpc) is 3.19. The Balaban J connectivity index is 1.71. The molecule has 0 N–H and O–H groups in total. The van der Waals surface area contributed by atoms with E-state index in [1.54, 1.807) is 25.3 Å². The molecule has 0 aromatic heterocycles. The first-order valence-corrected chi connectivity index (χ1v) is 8.70. The summed E-state index contributed by atoms with van der Waals surface area (Å²) in [6.07, 6.45) is 1.77. The molecular formula is C18H13NO4S2. The van der Waals surface area contributed by atoms with Crippen LogP contribution >= 0.6 is 24.0 Å². The molecule has 2 aromatic carbocycles. The maximum Gasteiger partial charge on any atom is 0.270 e. The fourth-order valence-corrected chi connectivity index (χ4v) is 3.93. The standard InChI is InChI=1S/C18H13NO4S2/c1-21-13-9-15-14(22-10-23-15)7-11(13)8-16-17(20)19(18(24)25-16)12-5-3-2-4-6-12/h2-9H,10H2,1H3/b16-8+. The van der Waals surface area contributed by atoms with Gasteiger partial charge in [-0.2, -0.15) is 0 Å². The van der Waals surface area contributed by atoms with Crippen LogP contribution in [0.5, 0.6) is 17.2 Å². The Hall–Kier alpha value is -2.51. The number of ether oxygens (including phenoxy) is 3. The van der Waals surface area contributed by atoms with Crippen molar-refractivity contribution in [2.45, 2.75) is 0 Å². The Morgan fingerprint density at radius 1 is 1.20 bits per heavy atom. The van der Waals surface area contributed by atoms with Crippen LogP contribution in [-0.2, 0) is 4.79 Å². The summed E-state index contributed by atoms with van der Waals surface area (Å²) in [5.74, 6) is 1.71. The van der Waals surface area contributed by atoms with E-state index in [-0.39, 0.29) is 12.7 Å². The molecule has 0 atom stereocenters. The van der Waals surface area contributed by atoms with Gasteiger partial charge in [0.05, 0.1) is 17.7 Å². The average molecular weight is 371 g/mol. The second-order valence-corrected chi connectivity index (χ2v) is 6.98. The van der Waals surface area contributed by atoms with Gasteiger partial charge in [-0.15, -0.1) is 0 Å². The van der Waals surface area contributed by atoms with Crippen LogP contribution in [0.1, 0.15) is 5.56 Å². The molecular weight excluding hydrogens is 358 g/mol. The first-order valence-electron chi connectivity index (χ1n) is 7.48. The molecule has 126 valence electrons. The molecule has 0 unspecified atom stereocenters. The summed E-state index contributed by atoms with van der Waals surface area (Å²) in [5.41, 5.74) is 1.49. The molecule has 5 nitrogen and oxygen atoms in total. The molecule has 0 spiro atoms. The first kappa shape index (κ1) is 16.0. The summed E-state index contributed by atoms with van der Waals surface area (Å²) < 4.78 is 16.7. The van der Waals surface area contributed by atoms with Gasteiger partial charge >= 0.3 is 0 Å². The number of para-hydroxylation sites is 1. The third-order valence-electron chi connectivity index (χ3n) is 3.82. The minimum Gasteiger partial charge on any atom is -0.496 e. The topological polar surface area (TPSA) is 48.0 Å². The van der Waals surface area contributed by atoms with Crippen molar-refractivity contribution in [1.82, 2.24) is 0 Å². The lowest BCUT2D eigenvalue weighted by Gasteiger charge is -2.13. The number of amides is 1. The van der Waals surface area contributed by atoms with Crippen molar-refractivity contribution in [3.05, 3.63) is 52.9 Å². The fourth-order valence-electron chi connectivity index (χ4n) is 2.64. The number of rotatable bonds is 3. The molecule has 7 heteroatoms. The molecule has 1 amide bonds. The van der Waals surface area contributed by atoms with E-state index >= 15 is 0 Å². The number of carbonyl (C=O) groups is 1. The minimum absolute atomic E-state index is 0.152. The van der Waals surface area contributed by atoms with E-state index in [2.05, 4.69) is 0 Å². The van der Waals surface area contributed by atoms with E-state index in [1.807, 2.05) is 30.3 Å². The van der Waals surface area contributed by atoms with Gasteiger partial charge in [0.1, 0.15) is 5.75 Å². The summed E-state index contributed by atoms with van der Waals surface area (Å²) >= 11 is 6.65. The van der Waals surface area contributed by atoms with Crippen molar-refractivity contribution < 1.29 is 19.0 Å². The molecule has 4 rings (SSSR count). The predicted octanol–water partition coefficient (Wildman–Crippen LogP) is 3.83. The molecule has 0 aliphatic carbocycles. The zero-order chi connectivity index (χ0) is 17.4. The Bertz CT molecular complexity index is 895. The fraction of sp³-hybridized carbons (Fsp3) is 0.111. The van der Waals surface area contributed by atoms with Gasteiger partial charge in [-0.05, 0) is 24.3 Å². The highest BCUT2D eigenvalue weighted by Gasteiger charge is 2.33. The van der Waals surface area contributed by atoms with E-state index in [9.17, 15) is 4.79 Å². The zero-order valence-corrected chi connectivity index (χ0v) is 14.9. The Morgan fingerprint density at radius 3 is 2.64 bits per heavy atom. The Kier molecular flexibility index (Phi) is 4.10. The molecule has 0 bridgehead atoms. The van der Waals surface area contributed by atoms with E-state index in [1.165, 1.54) is 16.7 Å². The molecule has 25 heavy (non-hydrogen) atoms. The monoisotopic (exact) mass is 371 g/mol. The van der Waals surface area contributed by atoms with E-state index in [0.29, 0.717) is 26.5 Å².